The SMILES string of the molecule is CC1=C(C(C)(C)C)C(=NC#N)C(F)=C(c2ccccc2)C1=NC#N. The summed E-state index contributed by atoms with van der Waals surface area (Å²) >= 11 is 0. The van der Waals surface area contributed by atoms with Gasteiger partial charge in [-0.15, -0.1) is 0 Å². The molecule has 2 rings (SSSR count). The van der Waals surface area contributed by atoms with Crippen molar-refractivity contribution < 1.29 is 4.39 Å². The van der Waals surface area contributed by atoms with Crippen LogP contribution in [0.25, 0.3) is 5.57 Å². The maximum Gasteiger partial charge on any atom is 0.206 e. The van der Waals surface area contributed by atoms with Gasteiger partial charge in [0.2, 0.25) is 12.4 Å². The number of halogens is 1. The molecule has 0 aromatic heterocycles. The standard InChI is InChI=1S/C19H17FN4/c1-12-15(19(2,3)4)18(24-11-22)16(20)14(17(12)23-10-21)13-8-6-5-7-9-13/h5-9H,1-4H3. The molecule has 0 N–H and O–H groups in total. The van der Waals surface area contributed by atoms with E-state index in [2.05, 4.69) is 9.98 Å². The molecule has 1 aromatic carbocycles. The van der Waals surface area contributed by atoms with E-state index in [1.54, 1.807) is 43.6 Å². The average molecular weight is 320 g/mol. The van der Waals surface area contributed by atoms with Gasteiger partial charge in [-0.1, -0.05) is 51.1 Å². The summed E-state index contributed by atoms with van der Waals surface area (Å²) in [6.07, 6.45) is 3.44. The molecule has 5 heteroatoms. The largest absolute Gasteiger partial charge is 0.206 e. The van der Waals surface area contributed by atoms with Gasteiger partial charge in [0.15, 0.2) is 5.83 Å². The van der Waals surface area contributed by atoms with E-state index in [1.165, 1.54) is 0 Å². The van der Waals surface area contributed by atoms with E-state index in [0.717, 1.165) is 0 Å². The highest BCUT2D eigenvalue weighted by molar-refractivity contribution is 6.42. The number of hydrogen-bond acceptors (Lipinski definition) is 4. The molecule has 1 aromatic rings. The zero-order valence-electron chi connectivity index (χ0n) is 14.1. The topological polar surface area (TPSA) is 72.3 Å². The van der Waals surface area contributed by atoms with Gasteiger partial charge in [-0.3, -0.25) is 0 Å². The molecular formula is C19H17FN4. The molecule has 0 spiro atoms. The third kappa shape index (κ3) is 3.02. The zero-order valence-corrected chi connectivity index (χ0v) is 14.1. The van der Waals surface area contributed by atoms with Gasteiger partial charge < -0.3 is 0 Å². The van der Waals surface area contributed by atoms with Crippen LogP contribution in [-0.4, -0.2) is 11.4 Å². The van der Waals surface area contributed by atoms with Gasteiger partial charge in [-0.05, 0) is 29.0 Å². The second-order valence-electron chi connectivity index (χ2n) is 6.43. The fraction of sp³-hybridized carbons (Fsp3) is 0.263. The van der Waals surface area contributed by atoms with Crippen LogP contribution in [0.5, 0.6) is 0 Å². The van der Waals surface area contributed by atoms with E-state index < -0.39 is 11.2 Å². The van der Waals surface area contributed by atoms with Crippen molar-refractivity contribution >= 4 is 17.0 Å². The van der Waals surface area contributed by atoms with Crippen LogP contribution in [0.4, 0.5) is 4.39 Å². The lowest BCUT2D eigenvalue weighted by Crippen LogP contribution is -2.28. The average Bonchev–Trinajstić information content (AvgIpc) is 2.52. The molecule has 0 heterocycles. The Kier molecular flexibility index (Phi) is 4.76. The summed E-state index contributed by atoms with van der Waals surface area (Å²) in [7, 11) is 0. The molecule has 1 aliphatic carbocycles. The first kappa shape index (κ1) is 17.3. The highest BCUT2D eigenvalue weighted by atomic mass is 19.1. The van der Waals surface area contributed by atoms with Gasteiger partial charge in [0.1, 0.15) is 5.71 Å². The van der Waals surface area contributed by atoms with Crippen molar-refractivity contribution in [2.45, 2.75) is 27.7 Å². The molecule has 0 fully saturated rings. The van der Waals surface area contributed by atoms with Gasteiger partial charge in [-0.25, -0.2) is 4.39 Å². The van der Waals surface area contributed by atoms with Gasteiger partial charge >= 0.3 is 0 Å². The Morgan fingerprint density at radius 2 is 1.50 bits per heavy atom. The Morgan fingerprint density at radius 3 is 2.00 bits per heavy atom. The zero-order chi connectivity index (χ0) is 17.9. The van der Waals surface area contributed by atoms with E-state index in [4.69, 9.17) is 10.5 Å². The fourth-order valence-corrected chi connectivity index (χ4v) is 2.95. The Labute approximate surface area is 141 Å². The van der Waals surface area contributed by atoms with Crippen LogP contribution < -0.4 is 0 Å². The monoisotopic (exact) mass is 320 g/mol. The van der Waals surface area contributed by atoms with Crippen LogP contribution in [0.1, 0.15) is 33.3 Å². The molecule has 4 nitrogen and oxygen atoms in total. The lowest BCUT2D eigenvalue weighted by Gasteiger charge is -2.31. The minimum absolute atomic E-state index is 0.0123. The molecule has 0 unspecified atom stereocenters. The first-order chi connectivity index (χ1) is 11.3. The number of benzene rings is 1. The van der Waals surface area contributed by atoms with Gasteiger partial charge in [0.05, 0.1) is 5.71 Å². The van der Waals surface area contributed by atoms with E-state index in [0.29, 0.717) is 16.7 Å². The molecule has 24 heavy (non-hydrogen) atoms. The quantitative estimate of drug-likeness (QED) is 0.561. The molecular weight excluding hydrogens is 303 g/mol. The number of nitriles is 2. The number of rotatable bonds is 1. The summed E-state index contributed by atoms with van der Waals surface area (Å²) in [6, 6.07) is 8.85. The molecule has 0 aliphatic heterocycles. The normalized spacial score (nSPS) is 18.8. The van der Waals surface area contributed by atoms with E-state index in [9.17, 15) is 0 Å². The number of nitrogens with zero attached hydrogens (tertiary/aromatic N) is 4. The van der Waals surface area contributed by atoms with E-state index in [1.807, 2.05) is 26.8 Å². The number of aliphatic imine (C=N–C) groups is 2. The Hall–Kier alpha value is -3.05. The van der Waals surface area contributed by atoms with Crippen LogP contribution in [0.2, 0.25) is 0 Å². The number of hydrogen-bond donors (Lipinski definition) is 0. The van der Waals surface area contributed by atoms with Crippen LogP contribution in [-0.2, 0) is 0 Å². The molecule has 120 valence electrons. The smallest absolute Gasteiger partial charge is 0.204 e. The first-order valence-corrected chi connectivity index (χ1v) is 7.44. The third-order valence-electron chi connectivity index (χ3n) is 3.77. The van der Waals surface area contributed by atoms with E-state index in [-0.39, 0.29) is 17.0 Å². The van der Waals surface area contributed by atoms with Crippen molar-refractivity contribution in [1.29, 1.82) is 10.5 Å². The predicted octanol–water partition coefficient (Wildman–Crippen LogP) is 4.59. The second kappa shape index (κ2) is 6.60. The van der Waals surface area contributed by atoms with Crippen molar-refractivity contribution in [3.8, 4) is 12.4 Å². The molecule has 0 bridgehead atoms. The first-order valence-electron chi connectivity index (χ1n) is 7.44. The Morgan fingerprint density at radius 1 is 0.958 bits per heavy atom. The van der Waals surface area contributed by atoms with Crippen molar-refractivity contribution in [3.05, 3.63) is 52.9 Å². The minimum atomic E-state index is -0.632. The van der Waals surface area contributed by atoms with E-state index >= 15 is 4.39 Å². The Bertz CT molecular complexity index is 867. The maximum absolute atomic E-state index is 15.3. The second-order valence-corrected chi connectivity index (χ2v) is 6.43. The van der Waals surface area contributed by atoms with Crippen LogP contribution in [0.3, 0.4) is 0 Å². The highest BCUT2D eigenvalue weighted by Crippen LogP contribution is 2.40. The van der Waals surface area contributed by atoms with Crippen molar-refractivity contribution in [2.75, 3.05) is 0 Å². The summed E-state index contributed by atoms with van der Waals surface area (Å²) in [5.41, 5.74) is 1.84. The van der Waals surface area contributed by atoms with Gasteiger partial charge in [0, 0.05) is 5.57 Å². The number of allylic oxidation sites excluding steroid dienone is 4. The van der Waals surface area contributed by atoms with Crippen molar-refractivity contribution in [2.24, 2.45) is 15.4 Å². The van der Waals surface area contributed by atoms with Crippen LogP contribution in [0.15, 0.2) is 57.3 Å². The molecule has 0 saturated heterocycles. The summed E-state index contributed by atoms with van der Waals surface area (Å²) in [5, 5.41) is 18.1. The lowest BCUT2D eigenvalue weighted by atomic mass is 9.74. The highest BCUT2D eigenvalue weighted by Gasteiger charge is 2.36. The summed E-state index contributed by atoms with van der Waals surface area (Å²) in [5.74, 6) is -0.632. The molecule has 1 aliphatic rings. The summed E-state index contributed by atoms with van der Waals surface area (Å²) < 4.78 is 15.3. The predicted molar refractivity (Wildman–Crippen MR) is 92.7 cm³/mol. The summed E-state index contributed by atoms with van der Waals surface area (Å²) in [6.45, 7) is 7.50. The van der Waals surface area contributed by atoms with Crippen LogP contribution in [0, 0.1) is 28.3 Å². The molecule has 0 amide bonds. The third-order valence-corrected chi connectivity index (χ3v) is 3.77. The van der Waals surface area contributed by atoms with Gasteiger partial charge in [0.25, 0.3) is 0 Å². The maximum atomic E-state index is 15.3. The molecule has 0 atom stereocenters. The fourth-order valence-electron chi connectivity index (χ4n) is 2.95. The Balaban J connectivity index is 2.89. The molecule has 0 radical (unpaired) electrons. The molecule has 0 saturated carbocycles. The van der Waals surface area contributed by atoms with Crippen LogP contribution >= 0.6 is 0 Å². The minimum Gasteiger partial charge on any atom is -0.204 e. The lowest BCUT2D eigenvalue weighted by molar-refractivity contribution is 0.518. The van der Waals surface area contributed by atoms with Crippen molar-refractivity contribution in [3.63, 3.8) is 0 Å². The summed E-state index contributed by atoms with van der Waals surface area (Å²) in [4.78, 5) is 7.59. The van der Waals surface area contributed by atoms with Gasteiger partial charge in [-0.2, -0.15) is 20.5 Å². The van der Waals surface area contributed by atoms with Crippen molar-refractivity contribution in [1.82, 2.24) is 0 Å².